The van der Waals surface area contributed by atoms with Crippen LogP contribution in [0.2, 0.25) is 0 Å². The topological polar surface area (TPSA) is 17.1 Å². The van der Waals surface area contributed by atoms with Crippen LogP contribution in [-0.4, -0.2) is 5.78 Å². The second-order valence-corrected chi connectivity index (χ2v) is 5.31. The maximum atomic E-state index is 11.9. The molecule has 1 nitrogen and oxygen atoms in total. The summed E-state index contributed by atoms with van der Waals surface area (Å²) in [6.07, 6.45) is 1.68. The van der Waals surface area contributed by atoms with Gasteiger partial charge < -0.3 is 0 Å². The van der Waals surface area contributed by atoms with Gasteiger partial charge in [0.25, 0.3) is 0 Å². The van der Waals surface area contributed by atoms with Crippen LogP contribution in [0.3, 0.4) is 0 Å². The van der Waals surface area contributed by atoms with Crippen LogP contribution in [0.25, 0.3) is 0 Å². The molecule has 1 atom stereocenters. The quantitative estimate of drug-likeness (QED) is 0.736. The predicted molar refractivity (Wildman–Crippen MR) is 61.8 cm³/mol. The summed E-state index contributed by atoms with van der Waals surface area (Å²) in [4.78, 5) is 11.9. The fourth-order valence-electron chi connectivity index (χ4n) is 2.14. The minimum atomic E-state index is 0.264. The highest BCUT2D eigenvalue weighted by molar-refractivity contribution is 5.86. The number of carbonyl (C=O) groups is 1. The van der Waals surface area contributed by atoms with Crippen LogP contribution in [0.1, 0.15) is 31.4 Å². The minimum absolute atomic E-state index is 0.264. The van der Waals surface area contributed by atoms with Gasteiger partial charge in [0.05, 0.1) is 0 Å². The number of carbonyl (C=O) groups excluding carboxylic acids is 1. The van der Waals surface area contributed by atoms with Crippen molar-refractivity contribution < 1.29 is 4.79 Å². The zero-order valence-corrected chi connectivity index (χ0v) is 9.71. The lowest BCUT2D eigenvalue weighted by molar-refractivity contribution is -0.120. The molecule has 0 N–H and O–H groups in total. The number of hydrogen-bond donors (Lipinski definition) is 0. The summed E-state index contributed by atoms with van der Waals surface area (Å²) in [5.41, 5.74) is 2.68. The van der Waals surface area contributed by atoms with Gasteiger partial charge in [-0.25, -0.2) is 0 Å². The van der Waals surface area contributed by atoms with Gasteiger partial charge in [-0.15, -0.1) is 0 Å². The highest BCUT2D eigenvalue weighted by Crippen LogP contribution is 2.52. The van der Waals surface area contributed by atoms with Gasteiger partial charge in [0, 0.05) is 12.3 Å². The van der Waals surface area contributed by atoms with Gasteiger partial charge in [-0.2, -0.15) is 0 Å². The van der Waals surface area contributed by atoms with E-state index < -0.39 is 0 Å². The van der Waals surface area contributed by atoms with E-state index in [1.165, 1.54) is 11.1 Å². The Bertz CT molecular complexity index is 390. The second-order valence-electron chi connectivity index (χ2n) is 5.31. The lowest BCUT2D eigenvalue weighted by Gasteiger charge is -2.05. The van der Waals surface area contributed by atoms with Crippen LogP contribution in [0, 0.1) is 18.3 Å². The average Bonchev–Trinajstić information content (AvgIpc) is 2.79. The zero-order chi connectivity index (χ0) is 11.1. The molecule has 15 heavy (non-hydrogen) atoms. The van der Waals surface area contributed by atoms with Gasteiger partial charge in [0.1, 0.15) is 5.78 Å². The molecule has 0 bridgehead atoms. The molecule has 0 saturated heterocycles. The third-order valence-electron chi connectivity index (χ3n) is 3.53. The van der Waals surface area contributed by atoms with Gasteiger partial charge in [-0.1, -0.05) is 38.1 Å². The van der Waals surface area contributed by atoms with Crippen molar-refractivity contribution in [2.75, 3.05) is 0 Å². The molecule has 1 aromatic rings. The fraction of sp³-hybridized carbons (Fsp3) is 0.500. The Hall–Kier alpha value is -1.11. The van der Waals surface area contributed by atoms with Crippen LogP contribution in [0.4, 0.5) is 0 Å². The molecular formula is C14H18O. The van der Waals surface area contributed by atoms with Crippen LogP contribution >= 0.6 is 0 Å². The van der Waals surface area contributed by atoms with E-state index in [-0.39, 0.29) is 5.41 Å². The van der Waals surface area contributed by atoms with Gasteiger partial charge in [0.15, 0.2) is 0 Å². The average molecular weight is 202 g/mol. The third-order valence-corrected chi connectivity index (χ3v) is 3.53. The lowest BCUT2D eigenvalue weighted by atomic mass is 9.98. The highest BCUT2D eigenvalue weighted by atomic mass is 16.1. The summed E-state index contributed by atoms with van der Waals surface area (Å²) in [7, 11) is 0. The monoisotopic (exact) mass is 202 g/mol. The Kier molecular flexibility index (Phi) is 2.41. The number of ketones is 1. The molecule has 1 fully saturated rings. The standard InChI is InChI=1S/C14H18O/c1-10-6-4-5-7-11(10)8-13(15)12-9-14(12,2)3/h4-7,12H,8-9H2,1-3H3. The Labute approximate surface area is 91.5 Å². The van der Waals surface area contributed by atoms with Gasteiger partial charge in [0.2, 0.25) is 0 Å². The Morgan fingerprint density at radius 1 is 1.40 bits per heavy atom. The smallest absolute Gasteiger partial charge is 0.140 e. The van der Waals surface area contributed by atoms with E-state index in [4.69, 9.17) is 0 Å². The first-order valence-electron chi connectivity index (χ1n) is 5.58. The molecule has 0 aliphatic heterocycles. The molecule has 1 unspecified atom stereocenters. The van der Waals surface area contributed by atoms with Crippen LogP contribution in [0.15, 0.2) is 24.3 Å². The first-order chi connectivity index (χ1) is 7.00. The minimum Gasteiger partial charge on any atom is -0.299 e. The zero-order valence-electron chi connectivity index (χ0n) is 9.71. The molecular weight excluding hydrogens is 184 g/mol. The molecule has 0 radical (unpaired) electrons. The van der Waals surface area contributed by atoms with Crippen molar-refractivity contribution in [3.05, 3.63) is 35.4 Å². The Morgan fingerprint density at radius 3 is 2.53 bits per heavy atom. The molecule has 1 aromatic carbocycles. The van der Waals surface area contributed by atoms with E-state index in [9.17, 15) is 4.79 Å². The van der Waals surface area contributed by atoms with Gasteiger partial charge in [-0.05, 0) is 29.9 Å². The maximum absolute atomic E-state index is 11.9. The van der Waals surface area contributed by atoms with Crippen molar-refractivity contribution in [2.45, 2.75) is 33.6 Å². The molecule has 0 spiro atoms. The molecule has 0 heterocycles. The molecule has 0 amide bonds. The number of rotatable bonds is 3. The van der Waals surface area contributed by atoms with E-state index in [1.807, 2.05) is 12.1 Å². The van der Waals surface area contributed by atoms with E-state index in [2.05, 4.69) is 32.9 Å². The Balaban J connectivity index is 2.05. The maximum Gasteiger partial charge on any atom is 0.140 e. The van der Waals surface area contributed by atoms with Gasteiger partial charge in [-0.3, -0.25) is 4.79 Å². The third kappa shape index (κ3) is 2.11. The van der Waals surface area contributed by atoms with Crippen molar-refractivity contribution in [1.82, 2.24) is 0 Å². The highest BCUT2D eigenvalue weighted by Gasteiger charge is 2.49. The summed E-state index contributed by atoms with van der Waals surface area (Å²) in [5, 5.41) is 0. The number of aryl methyl sites for hydroxylation is 1. The fourth-order valence-corrected chi connectivity index (χ4v) is 2.14. The van der Waals surface area contributed by atoms with Crippen molar-refractivity contribution >= 4 is 5.78 Å². The van der Waals surface area contributed by atoms with Gasteiger partial charge >= 0.3 is 0 Å². The van der Waals surface area contributed by atoms with E-state index in [0.29, 0.717) is 18.1 Å². The molecule has 1 saturated carbocycles. The molecule has 2 rings (SSSR count). The second kappa shape index (κ2) is 3.48. The SMILES string of the molecule is Cc1ccccc1CC(=O)C1CC1(C)C. The largest absolute Gasteiger partial charge is 0.299 e. The summed E-state index contributed by atoms with van der Waals surface area (Å²) in [5.74, 6) is 0.714. The molecule has 1 aliphatic carbocycles. The molecule has 80 valence electrons. The van der Waals surface area contributed by atoms with Crippen molar-refractivity contribution in [1.29, 1.82) is 0 Å². The first-order valence-corrected chi connectivity index (χ1v) is 5.58. The summed E-state index contributed by atoms with van der Waals surface area (Å²) < 4.78 is 0. The van der Waals surface area contributed by atoms with E-state index >= 15 is 0 Å². The van der Waals surface area contributed by atoms with Crippen molar-refractivity contribution in [3.63, 3.8) is 0 Å². The van der Waals surface area contributed by atoms with Crippen molar-refractivity contribution in [2.24, 2.45) is 11.3 Å². The van der Waals surface area contributed by atoms with Crippen LogP contribution < -0.4 is 0 Å². The Morgan fingerprint density at radius 2 is 2.00 bits per heavy atom. The number of Topliss-reactive ketones (excluding diaryl/α,β-unsaturated/α-hetero) is 1. The lowest BCUT2D eigenvalue weighted by Crippen LogP contribution is -2.09. The first kappa shape index (κ1) is 10.4. The predicted octanol–water partition coefficient (Wildman–Crippen LogP) is 3.15. The molecule has 0 aromatic heterocycles. The summed E-state index contributed by atoms with van der Waals surface area (Å²) >= 11 is 0. The normalized spacial score (nSPS) is 22.5. The van der Waals surface area contributed by atoms with Crippen molar-refractivity contribution in [3.8, 4) is 0 Å². The molecule has 1 heteroatoms. The number of benzene rings is 1. The van der Waals surface area contributed by atoms with Crippen LogP contribution in [-0.2, 0) is 11.2 Å². The van der Waals surface area contributed by atoms with E-state index in [0.717, 1.165) is 6.42 Å². The number of hydrogen-bond acceptors (Lipinski definition) is 1. The molecule has 1 aliphatic rings. The van der Waals surface area contributed by atoms with E-state index in [1.54, 1.807) is 0 Å². The summed E-state index contributed by atoms with van der Waals surface area (Å²) in [6, 6.07) is 8.15. The van der Waals surface area contributed by atoms with Crippen LogP contribution in [0.5, 0.6) is 0 Å². The summed E-state index contributed by atoms with van der Waals surface area (Å²) in [6.45, 7) is 6.42.